The summed E-state index contributed by atoms with van der Waals surface area (Å²) in [7, 11) is 3.34. The second-order valence-corrected chi connectivity index (χ2v) is 13.2. The van der Waals surface area contributed by atoms with Crippen LogP contribution in [0.15, 0.2) is 36.5 Å². The molecule has 258 valence electrons. The zero-order valence-electron chi connectivity index (χ0n) is 27.1. The summed E-state index contributed by atoms with van der Waals surface area (Å²) in [5.74, 6) is 0.249. The molecule has 1 atom stereocenters. The second kappa shape index (κ2) is 15.4. The van der Waals surface area contributed by atoms with Crippen LogP contribution in [0.4, 0.5) is 10.1 Å². The summed E-state index contributed by atoms with van der Waals surface area (Å²) in [6.07, 6.45) is 4.11. The van der Waals surface area contributed by atoms with E-state index in [1.807, 2.05) is 7.05 Å². The zero-order chi connectivity index (χ0) is 34.7. The quantitative estimate of drug-likeness (QED) is 0.166. The van der Waals surface area contributed by atoms with Gasteiger partial charge in [0.15, 0.2) is 5.82 Å². The van der Waals surface area contributed by atoms with E-state index in [0.29, 0.717) is 83.7 Å². The normalized spacial score (nSPS) is 16.0. The predicted molar refractivity (Wildman–Crippen MR) is 188 cm³/mol. The van der Waals surface area contributed by atoms with Gasteiger partial charge in [0.1, 0.15) is 0 Å². The van der Waals surface area contributed by atoms with Gasteiger partial charge in [0.2, 0.25) is 11.8 Å². The number of amides is 2. The highest BCUT2D eigenvalue weighted by molar-refractivity contribution is 6.39. The van der Waals surface area contributed by atoms with Gasteiger partial charge in [-0.15, -0.1) is 0 Å². The molecule has 15 heteroatoms. The number of pyridine rings is 2. The number of anilines is 1. The Balaban J connectivity index is 1.22. The fourth-order valence-electron chi connectivity index (χ4n) is 6.27. The van der Waals surface area contributed by atoms with Gasteiger partial charge in [-0.3, -0.25) is 23.9 Å². The van der Waals surface area contributed by atoms with Crippen LogP contribution in [0, 0.1) is 0 Å². The summed E-state index contributed by atoms with van der Waals surface area (Å²) >= 11 is 20.6. The highest BCUT2D eigenvalue weighted by Gasteiger charge is 2.27. The number of nitrogens with one attached hydrogen (secondary N) is 3. The van der Waals surface area contributed by atoms with Gasteiger partial charge in [0, 0.05) is 87.2 Å². The average molecular weight is 730 g/mol. The number of fused-ring (bicyclic) bond motifs is 1. The molecule has 1 unspecified atom stereocenters. The monoisotopic (exact) mass is 728 g/mol. The van der Waals surface area contributed by atoms with Crippen LogP contribution in [0.25, 0.3) is 22.5 Å². The molecule has 2 aliphatic heterocycles. The Morgan fingerprint density at radius 3 is 2.73 bits per heavy atom. The molecule has 1 saturated heterocycles. The Bertz CT molecular complexity index is 1890. The molecule has 0 aliphatic carbocycles. The lowest BCUT2D eigenvalue weighted by molar-refractivity contribution is -0.119. The number of benzene rings is 1. The van der Waals surface area contributed by atoms with Gasteiger partial charge in [-0.25, -0.2) is 9.97 Å². The molecule has 0 radical (unpaired) electrons. The first kappa shape index (κ1) is 35.0. The van der Waals surface area contributed by atoms with Crippen molar-refractivity contribution in [2.45, 2.75) is 44.8 Å². The summed E-state index contributed by atoms with van der Waals surface area (Å²) in [5, 5.41) is 10.1. The number of alkyl halides is 1. The van der Waals surface area contributed by atoms with Crippen LogP contribution in [0.1, 0.15) is 46.8 Å². The van der Waals surface area contributed by atoms with E-state index in [0.717, 1.165) is 30.8 Å². The Labute approximate surface area is 298 Å². The lowest BCUT2D eigenvalue weighted by Crippen LogP contribution is -2.35. The van der Waals surface area contributed by atoms with E-state index < -0.39 is 5.91 Å². The number of rotatable bonds is 12. The van der Waals surface area contributed by atoms with E-state index >= 15 is 0 Å². The van der Waals surface area contributed by atoms with Gasteiger partial charge in [-0.1, -0.05) is 46.9 Å². The first-order chi connectivity index (χ1) is 23.7. The zero-order valence-corrected chi connectivity index (χ0v) is 29.4. The molecule has 1 fully saturated rings. The van der Waals surface area contributed by atoms with Crippen LogP contribution in [0.3, 0.4) is 0 Å². The van der Waals surface area contributed by atoms with Gasteiger partial charge in [0.05, 0.1) is 51.6 Å². The van der Waals surface area contributed by atoms with Crippen LogP contribution in [0.2, 0.25) is 15.1 Å². The van der Waals surface area contributed by atoms with Gasteiger partial charge in [0.25, 0.3) is 5.91 Å². The number of nitrogens with zero attached hydrogens (tertiary/aromatic N) is 5. The van der Waals surface area contributed by atoms with E-state index in [9.17, 15) is 14.0 Å². The summed E-state index contributed by atoms with van der Waals surface area (Å²) in [6, 6.07) is 8.74. The standard InChI is InChI=1S/C34H36Cl3FN8O3/c1-45-27-10-14-46(13-4-11-38)18-26(27)42-32(45)33(48)43-24-6-3-5-21(29(24)36)31-30(37)20(9-12-40-31)25-15-23(35)22(34(44-25)49-2)17-39-16-19-7-8-28(47)41-19/h3,5-6,9,12,15,19,39H,4,7-8,10-11,13-14,16-18H2,1-2H3,(H,41,47)(H,43,48). The van der Waals surface area contributed by atoms with Gasteiger partial charge < -0.3 is 25.3 Å². The second-order valence-electron chi connectivity index (χ2n) is 12.0. The average Bonchev–Trinajstić information content (AvgIpc) is 3.67. The number of carbonyl (C=O) groups excluding carboxylic acids is 2. The number of hydrogen-bond donors (Lipinski definition) is 3. The van der Waals surface area contributed by atoms with Crippen LogP contribution in [-0.2, 0) is 31.4 Å². The molecular formula is C34H36Cl3FN8O3. The molecule has 3 N–H and O–H groups in total. The van der Waals surface area contributed by atoms with Crippen LogP contribution < -0.4 is 20.7 Å². The molecular weight excluding hydrogens is 694 g/mol. The Hall–Kier alpha value is -3.81. The van der Waals surface area contributed by atoms with Crippen molar-refractivity contribution in [2.75, 3.05) is 38.7 Å². The minimum Gasteiger partial charge on any atom is -0.481 e. The number of ether oxygens (including phenoxy) is 1. The molecule has 4 aromatic rings. The summed E-state index contributed by atoms with van der Waals surface area (Å²) in [4.78, 5) is 41.0. The topological polar surface area (TPSA) is 126 Å². The smallest absolute Gasteiger partial charge is 0.291 e. The maximum absolute atomic E-state index is 13.5. The molecule has 3 aromatic heterocycles. The van der Waals surface area contributed by atoms with Crippen molar-refractivity contribution >= 4 is 52.3 Å². The molecule has 5 heterocycles. The first-order valence-corrected chi connectivity index (χ1v) is 17.1. The van der Waals surface area contributed by atoms with Gasteiger partial charge in [-0.2, -0.15) is 0 Å². The lowest BCUT2D eigenvalue weighted by Gasteiger charge is -2.26. The van der Waals surface area contributed by atoms with Crippen molar-refractivity contribution in [3.05, 3.63) is 74.4 Å². The van der Waals surface area contributed by atoms with Gasteiger partial charge in [-0.05, 0) is 31.0 Å². The minimum absolute atomic E-state index is 0.0581. The molecule has 2 amide bonds. The summed E-state index contributed by atoms with van der Waals surface area (Å²) in [6.45, 7) is 2.63. The van der Waals surface area contributed by atoms with E-state index in [4.69, 9.17) is 44.5 Å². The largest absolute Gasteiger partial charge is 0.481 e. The number of methoxy groups -OCH3 is 1. The van der Waals surface area contributed by atoms with Crippen molar-refractivity contribution in [3.8, 4) is 28.4 Å². The number of imidazole rings is 1. The molecule has 0 saturated carbocycles. The fraction of sp³-hybridized carbons (Fsp3) is 0.382. The molecule has 49 heavy (non-hydrogen) atoms. The third-order valence-electron chi connectivity index (χ3n) is 8.82. The Kier molecular flexibility index (Phi) is 11.0. The lowest BCUT2D eigenvalue weighted by atomic mass is 10.1. The van der Waals surface area contributed by atoms with Crippen molar-refractivity contribution in [2.24, 2.45) is 7.05 Å². The maximum atomic E-state index is 13.5. The van der Waals surface area contributed by atoms with Crippen molar-refractivity contribution in [1.82, 2.24) is 35.1 Å². The minimum atomic E-state index is -0.410. The summed E-state index contributed by atoms with van der Waals surface area (Å²) < 4.78 is 20.1. The Morgan fingerprint density at radius 2 is 1.98 bits per heavy atom. The first-order valence-electron chi connectivity index (χ1n) is 16.0. The maximum Gasteiger partial charge on any atom is 0.291 e. The number of halogens is 4. The van der Waals surface area contributed by atoms with Crippen molar-refractivity contribution in [1.29, 1.82) is 0 Å². The van der Waals surface area contributed by atoms with Gasteiger partial charge >= 0.3 is 0 Å². The third-order valence-corrected chi connectivity index (χ3v) is 9.94. The SMILES string of the molecule is COc1nc(-c2ccnc(-c3cccc(NC(=O)c4nc5c(n4C)CCN(CCCF)C5)c3Cl)c2Cl)cc(Cl)c1CNCC1CCC(=O)N1. The van der Waals surface area contributed by atoms with Crippen LogP contribution in [0.5, 0.6) is 5.88 Å². The van der Waals surface area contributed by atoms with Crippen LogP contribution in [-0.4, -0.2) is 75.7 Å². The summed E-state index contributed by atoms with van der Waals surface area (Å²) in [5.41, 5.74) is 4.79. The molecule has 2 aliphatic rings. The molecule has 0 bridgehead atoms. The van der Waals surface area contributed by atoms with E-state index in [1.54, 1.807) is 41.1 Å². The molecule has 11 nitrogen and oxygen atoms in total. The third kappa shape index (κ3) is 7.53. The highest BCUT2D eigenvalue weighted by Crippen LogP contribution is 2.41. The number of carbonyl (C=O) groups is 2. The molecule has 1 aromatic carbocycles. The predicted octanol–water partition coefficient (Wildman–Crippen LogP) is 5.85. The Morgan fingerprint density at radius 1 is 1.14 bits per heavy atom. The van der Waals surface area contributed by atoms with Crippen molar-refractivity contribution in [3.63, 3.8) is 0 Å². The fourth-order valence-corrected chi connectivity index (χ4v) is 7.09. The van der Waals surface area contributed by atoms with E-state index in [-0.39, 0.29) is 34.5 Å². The number of hydrogen-bond acceptors (Lipinski definition) is 8. The van der Waals surface area contributed by atoms with E-state index in [2.05, 4.69) is 30.8 Å². The van der Waals surface area contributed by atoms with E-state index in [1.165, 1.54) is 7.11 Å². The molecule has 6 rings (SSSR count). The van der Waals surface area contributed by atoms with Crippen LogP contribution >= 0.6 is 34.8 Å². The highest BCUT2D eigenvalue weighted by atomic mass is 35.5. The number of aromatic nitrogens is 4. The molecule has 0 spiro atoms. The van der Waals surface area contributed by atoms with Crippen molar-refractivity contribution < 1.29 is 18.7 Å².